The number of aromatic nitrogens is 2. The van der Waals surface area contributed by atoms with Gasteiger partial charge in [-0.05, 0) is 25.0 Å². The molecular formula is C14H17ClFN3. The maximum absolute atomic E-state index is 13.9. The molecule has 1 heterocycles. The van der Waals surface area contributed by atoms with Gasteiger partial charge >= 0.3 is 0 Å². The van der Waals surface area contributed by atoms with Crippen LogP contribution in [-0.2, 0) is 6.54 Å². The third-order valence-corrected chi connectivity index (χ3v) is 2.95. The molecule has 0 saturated heterocycles. The molecule has 3 nitrogen and oxygen atoms in total. The molecule has 19 heavy (non-hydrogen) atoms. The average molecular weight is 282 g/mol. The Labute approximate surface area is 117 Å². The molecule has 0 unspecified atom stereocenters. The van der Waals surface area contributed by atoms with Gasteiger partial charge in [-0.3, -0.25) is 0 Å². The summed E-state index contributed by atoms with van der Waals surface area (Å²) in [5.74, 6) is 0.659. The highest BCUT2D eigenvalue weighted by Gasteiger charge is 2.11. The monoisotopic (exact) mass is 281 g/mol. The van der Waals surface area contributed by atoms with Crippen molar-refractivity contribution in [3.8, 4) is 0 Å². The van der Waals surface area contributed by atoms with Gasteiger partial charge < -0.3 is 9.88 Å². The summed E-state index contributed by atoms with van der Waals surface area (Å²) in [6.07, 6.45) is 1.95. The fourth-order valence-corrected chi connectivity index (χ4v) is 2.07. The molecule has 0 atom stereocenters. The van der Waals surface area contributed by atoms with Crippen molar-refractivity contribution in [2.75, 3.05) is 5.32 Å². The number of aryl methyl sites for hydroxylation is 1. The number of halogens is 2. The van der Waals surface area contributed by atoms with Crippen LogP contribution < -0.4 is 5.32 Å². The molecule has 0 fully saturated rings. The molecule has 5 heteroatoms. The first-order valence-corrected chi connectivity index (χ1v) is 6.60. The van der Waals surface area contributed by atoms with Gasteiger partial charge in [0.05, 0.1) is 16.4 Å². The van der Waals surface area contributed by atoms with Crippen LogP contribution >= 0.6 is 11.6 Å². The van der Waals surface area contributed by atoms with Crippen molar-refractivity contribution in [3.63, 3.8) is 0 Å². The molecule has 102 valence electrons. The van der Waals surface area contributed by atoms with E-state index in [1.165, 1.54) is 6.07 Å². The molecule has 0 aliphatic heterocycles. The number of hydrogen-bond donors (Lipinski definition) is 1. The van der Waals surface area contributed by atoms with E-state index in [4.69, 9.17) is 11.6 Å². The van der Waals surface area contributed by atoms with Crippen molar-refractivity contribution in [2.24, 2.45) is 5.92 Å². The zero-order valence-corrected chi connectivity index (χ0v) is 12.0. The van der Waals surface area contributed by atoms with Gasteiger partial charge in [0.25, 0.3) is 0 Å². The van der Waals surface area contributed by atoms with Crippen LogP contribution in [-0.4, -0.2) is 9.55 Å². The topological polar surface area (TPSA) is 29.9 Å². The first-order valence-electron chi connectivity index (χ1n) is 6.22. The minimum absolute atomic E-state index is 0.101. The van der Waals surface area contributed by atoms with Crippen molar-refractivity contribution in [2.45, 2.75) is 27.3 Å². The molecule has 2 aromatic rings. The summed E-state index contributed by atoms with van der Waals surface area (Å²) in [5.41, 5.74) is 1.23. The average Bonchev–Trinajstić information content (AvgIpc) is 2.64. The molecule has 2 rings (SSSR count). The van der Waals surface area contributed by atoms with Gasteiger partial charge in [-0.25, -0.2) is 9.37 Å². The van der Waals surface area contributed by atoms with E-state index in [0.29, 0.717) is 17.6 Å². The van der Waals surface area contributed by atoms with Gasteiger partial charge in [0, 0.05) is 12.7 Å². The summed E-state index contributed by atoms with van der Waals surface area (Å²) < 4.78 is 15.8. The number of anilines is 2. The molecule has 0 saturated carbocycles. The number of rotatable bonds is 4. The van der Waals surface area contributed by atoms with Gasteiger partial charge in [-0.2, -0.15) is 0 Å². The lowest BCUT2D eigenvalue weighted by Crippen LogP contribution is -2.08. The van der Waals surface area contributed by atoms with E-state index in [1.54, 1.807) is 12.1 Å². The maximum atomic E-state index is 13.9. The first-order chi connectivity index (χ1) is 8.97. The van der Waals surface area contributed by atoms with Gasteiger partial charge in [-0.15, -0.1) is 0 Å². The number of nitrogens with one attached hydrogen (secondary N) is 1. The van der Waals surface area contributed by atoms with Crippen molar-refractivity contribution in [1.29, 1.82) is 0 Å². The molecule has 1 aromatic carbocycles. The Morgan fingerprint density at radius 1 is 1.42 bits per heavy atom. The molecule has 0 radical (unpaired) electrons. The second kappa shape index (κ2) is 5.61. The Morgan fingerprint density at radius 2 is 2.16 bits per heavy atom. The lowest BCUT2D eigenvalue weighted by molar-refractivity contribution is 0.527. The summed E-state index contributed by atoms with van der Waals surface area (Å²) in [5, 5.41) is 3.10. The Morgan fingerprint density at radius 3 is 2.84 bits per heavy atom. The Bertz CT molecular complexity index is 578. The third kappa shape index (κ3) is 3.26. The van der Waals surface area contributed by atoms with Crippen molar-refractivity contribution < 1.29 is 4.39 Å². The van der Waals surface area contributed by atoms with Crippen LogP contribution in [0.15, 0.2) is 24.4 Å². The van der Waals surface area contributed by atoms with Crippen LogP contribution in [0.1, 0.15) is 19.5 Å². The SMILES string of the molecule is Cc1cn(CC(C)C)c(Nc2cccc(Cl)c2F)n1. The molecule has 0 bridgehead atoms. The van der Waals surface area contributed by atoms with Crippen molar-refractivity contribution in [3.05, 3.63) is 40.9 Å². The fourth-order valence-electron chi connectivity index (χ4n) is 1.90. The molecule has 1 aromatic heterocycles. The van der Waals surface area contributed by atoms with Crippen LogP contribution in [0.2, 0.25) is 5.02 Å². The van der Waals surface area contributed by atoms with Crippen molar-refractivity contribution >= 4 is 23.2 Å². The smallest absolute Gasteiger partial charge is 0.207 e. The molecular weight excluding hydrogens is 265 g/mol. The van der Waals surface area contributed by atoms with Gasteiger partial charge in [0.1, 0.15) is 0 Å². The number of nitrogens with zero attached hydrogens (tertiary/aromatic N) is 2. The van der Waals surface area contributed by atoms with Crippen LogP contribution in [0.5, 0.6) is 0 Å². The van der Waals surface area contributed by atoms with Crippen LogP contribution in [0.3, 0.4) is 0 Å². The Hall–Kier alpha value is -1.55. The van der Waals surface area contributed by atoms with E-state index in [1.807, 2.05) is 17.7 Å². The maximum Gasteiger partial charge on any atom is 0.207 e. The number of hydrogen-bond acceptors (Lipinski definition) is 2. The predicted molar refractivity (Wildman–Crippen MR) is 76.5 cm³/mol. The zero-order valence-electron chi connectivity index (χ0n) is 11.2. The van der Waals surface area contributed by atoms with E-state index in [2.05, 4.69) is 24.1 Å². The number of imidazole rings is 1. The fraction of sp³-hybridized carbons (Fsp3) is 0.357. The molecule has 0 amide bonds. The van der Waals surface area contributed by atoms with E-state index < -0.39 is 5.82 Å². The second-order valence-electron chi connectivity index (χ2n) is 4.98. The highest BCUT2D eigenvalue weighted by atomic mass is 35.5. The second-order valence-corrected chi connectivity index (χ2v) is 5.39. The normalized spacial score (nSPS) is 11.1. The predicted octanol–water partition coefficient (Wildman–Crippen LogP) is 4.38. The summed E-state index contributed by atoms with van der Waals surface area (Å²) >= 11 is 5.77. The minimum atomic E-state index is -0.457. The van der Waals surface area contributed by atoms with Crippen LogP contribution in [0.25, 0.3) is 0 Å². The van der Waals surface area contributed by atoms with Crippen LogP contribution in [0, 0.1) is 18.7 Å². The van der Waals surface area contributed by atoms with E-state index in [0.717, 1.165) is 12.2 Å². The molecule has 0 spiro atoms. The first kappa shape index (κ1) is 13.9. The van der Waals surface area contributed by atoms with Gasteiger partial charge in [-0.1, -0.05) is 31.5 Å². The van der Waals surface area contributed by atoms with E-state index in [-0.39, 0.29) is 5.02 Å². The van der Waals surface area contributed by atoms with Crippen molar-refractivity contribution in [1.82, 2.24) is 9.55 Å². The zero-order chi connectivity index (χ0) is 14.0. The largest absolute Gasteiger partial charge is 0.323 e. The summed E-state index contributed by atoms with van der Waals surface area (Å²) in [6.45, 7) is 6.99. The lowest BCUT2D eigenvalue weighted by atomic mass is 10.2. The Balaban J connectivity index is 2.30. The quantitative estimate of drug-likeness (QED) is 0.901. The number of benzene rings is 1. The molecule has 0 aliphatic rings. The molecule has 1 N–H and O–H groups in total. The molecule has 0 aliphatic carbocycles. The minimum Gasteiger partial charge on any atom is -0.323 e. The standard InChI is InChI=1S/C14H17ClFN3/c1-9(2)7-19-8-10(3)17-14(19)18-12-6-4-5-11(15)13(12)16/h4-6,8-9H,7H2,1-3H3,(H,17,18). The Kier molecular flexibility index (Phi) is 4.10. The van der Waals surface area contributed by atoms with E-state index >= 15 is 0 Å². The summed E-state index contributed by atoms with van der Waals surface area (Å²) in [7, 11) is 0. The highest BCUT2D eigenvalue weighted by Crippen LogP contribution is 2.25. The summed E-state index contributed by atoms with van der Waals surface area (Å²) in [4.78, 5) is 4.37. The van der Waals surface area contributed by atoms with Gasteiger partial charge in [0.2, 0.25) is 5.95 Å². The summed E-state index contributed by atoms with van der Waals surface area (Å²) in [6, 6.07) is 4.87. The van der Waals surface area contributed by atoms with Gasteiger partial charge in [0.15, 0.2) is 5.82 Å². The van der Waals surface area contributed by atoms with Crippen LogP contribution in [0.4, 0.5) is 16.0 Å². The van der Waals surface area contributed by atoms with E-state index in [9.17, 15) is 4.39 Å². The highest BCUT2D eigenvalue weighted by molar-refractivity contribution is 6.31. The lowest BCUT2D eigenvalue weighted by Gasteiger charge is -2.12. The third-order valence-electron chi connectivity index (χ3n) is 2.66.